The maximum Gasteiger partial charge on any atom is 0.0462 e. The average Bonchev–Trinajstić information content (AvgIpc) is 3.22. The molecule has 0 spiro atoms. The lowest BCUT2D eigenvalue weighted by Crippen LogP contribution is -2.09. The van der Waals surface area contributed by atoms with Crippen LogP contribution in [0.25, 0.3) is 66.1 Å². The number of benzene rings is 9. The first kappa shape index (κ1) is 30.4. The summed E-state index contributed by atoms with van der Waals surface area (Å²) < 4.78 is 0. The molecule has 0 aliphatic rings. The number of rotatable bonds is 7. The molecule has 0 bridgehead atoms. The van der Waals surface area contributed by atoms with Crippen LogP contribution in [0.2, 0.25) is 0 Å². The van der Waals surface area contributed by atoms with E-state index >= 15 is 0 Å². The van der Waals surface area contributed by atoms with Gasteiger partial charge in [0.2, 0.25) is 0 Å². The lowest BCUT2D eigenvalue weighted by atomic mass is 9.91. The average molecular weight is 650 g/mol. The molecule has 0 amide bonds. The molecule has 0 saturated carbocycles. The first-order valence-electron chi connectivity index (χ1n) is 17.5. The molecule has 9 aromatic rings. The third kappa shape index (κ3) is 5.86. The predicted molar refractivity (Wildman–Crippen MR) is 218 cm³/mol. The third-order valence-electron chi connectivity index (χ3n) is 9.87. The SMILES string of the molecule is c1ccc(-c2ccc(-c3ccccc3)c(-c3ccc(N(c4ccccc4)c4ccc(-c5cc6ccccc6c6ccccc56)cc4)cc3)c2)cc1. The summed E-state index contributed by atoms with van der Waals surface area (Å²) in [7, 11) is 0. The van der Waals surface area contributed by atoms with Crippen molar-refractivity contribution in [3.8, 4) is 44.5 Å². The third-order valence-corrected chi connectivity index (χ3v) is 9.87. The van der Waals surface area contributed by atoms with Crippen LogP contribution in [0.5, 0.6) is 0 Å². The van der Waals surface area contributed by atoms with Gasteiger partial charge in [0.05, 0.1) is 0 Å². The van der Waals surface area contributed by atoms with Crippen LogP contribution >= 0.6 is 0 Å². The van der Waals surface area contributed by atoms with Gasteiger partial charge in [-0.2, -0.15) is 0 Å². The molecule has 0 aromatic heterocycles. The summed E-state index contributed by atoms with van der Waals surface area (Å²) in [6.07, 6.45) is 0. The zero-order valence-electron chi connectivity index (χ0n) is 28.2. The van der Waals surface area contributed by atoms with Crippen molar-refractivity contribution < 1.29 is 0 Å². The second-order valence-electron chi connectivity index (χ2n) is 12.9. The summed E-state index contributed by atoms with van der Waals surface area (Å²) in [6, 6.07) is 76.5. The molecule has 0 N–H and O–H groups in total. The number of hydrogen-bond acceptors (Lipinski definition) is 1. The lowest BCUT2D eigenvalue weighted by molar-refractivity contribution is 1.28. The fourth-order valence-electron chi connectivity index (χ4n) is 7.36. The molecule has 0 unspecified atom stereocenters. The van der Waals surface area contributed by atoms with Crippen molar-refractivity contribution in [1.82, 2.24) is 0 Å². The van der Waals surface area contributed by atoms with Crippen LogP contribution in [0, 0.1) is 0 Å². The van der Waals surface area contributed by atoms with Crippen molar-refractivity contribution in [1.29, 1.82) is 0 Å². The van der Waals surface area contributed by atoms with E-state index in [-0.39, 0.29) is 0 Å². The van der Waals surface area contributed by atoms with Gasteiger partial charge in [0.15, 0.2) is 0 Å². The quantitative estimate of drug-likeness (QED) is 0.155. The summed E-state index contributed by atoms with van der Waals surface area (Å²) in [5, 5.41) is 5.09. The number of fused-ring (bicyclic) bond motifs is 3. The molecule has 1 nitrogen and oxygen atoms in total. The molecule has 9 rings (SSSR count). The normalized spacial score (nSPS) is 11.1. The molecule has 0 radical (unpaired) electrons. The van der Waals surface area contributed by atoms with Crippen LogP contribution in [0.3, 0.4) is 0 Å². The Labute approximate surface area is 299 Å². The van der Waals surface area contributed by atoms with Crippen LogP contribution in [-0.2, 0) is 0 Å². The van der Waals surface area contributed by atoms with E-state index in [4.69, 9.17) is 0 Å². The highest BCUT2D eigenvalue weighted by Crippen LogP contribution is 2.41. The number of hydrogen-bond donors (Lipinski definition) is 0. The summed E-state index contributed by atoms with van der Waals surface area (Å²) in [5.74, 6) is 0. The molecular weight excluding hydrogens is 615 g/mol. The van der Waals surface area contributed by atoms with E-state index in [1.807, 2.05) is 0 Å². The summed E-state index contributed by atoms with van der Waals surface area (Å²) in [4.78, 5) is 2.34. The Morgan fingerprint density at radius 3 is 1.33 bits per heavy atom. The van der Waals surface area contributed by atoms with Crippen molar-refractivity contribution in [3.05, 3.63) is 212 Å². The molecule has 0 atom stereocenters. The molecule has 240 valence electrons. The van der Waals surface area contributed by atoms with Gasteiger partial charge in [-0.15, -0.1) is 0 Å². The molecular formula is C50H35N. The minimum atomic E-state index is 1.11. The largest absolute Gasteiger partial charge is 0.311 e. The topological polar surface area (TPSA) is 3.24 Å². The zero-order chi connectivity index (χ0) is 34.0. The van der Waals surface area contributed by atoms with Gasteiger partial charge in [-0.3, -0.25) is 0 Å². The number of anilines is 3. The fourth-order valence-corrected chi connectivity index (χ4v) is 7.36. The highest BCUT2D eigenvalue weighted by Gasteiger charge is 2.16. The standard InChI is InChI=1S/C50H35N/c1-4-14-36(15-5-1)40-28-33-46(37-16-6-2-7-17-37)49(34-40)38-24-29-43(30-25-38)51(42-19-8-3-9-20-42)44-31-26-39(27-32-44)50-35-41-18-10-11-21-45(41)47-22-12-13-23-48(47)50/h1-35H. The van der Waals surface area contributed by atoms with E-state index < -0.39 is 0 Å². The van der Waals surface area contributed by atoms with Crippen molar-refractivity contribution in [3.63, 3.8) is 0 Å². The summed E-state index contributed by atoms with van der Waals surface area (Å²) >= 11 is 0. The Morgan fingerprint density at radius 1 is 0.235 bits per heavy atom. The maximum atomic E-state index is 2.34. The molecule has 0 saturated heterocycles. The van der Waals surface area contributed by atoms with Gasteiger partial charge in [-0.05, 0) is 115 Å². The highest BCUT2D eigenvalue weighted by molar-refractivity contribution is 6.13. The molecule has 0 heterocycles. The van der Waals surface area contributed by atoms with Crippen LogP contribution < -0.4 is 4.90 Å². The van der Waals surface area contributed by atoms with E-state index in [1.165, 1.54) is 66.1 Å². The lowest BCUT2D eigenvalue weighted by Gasteiger charge is -2.26. The van der Waals surface area contributed by atoms with Crippen molar-refractivity contribution in [2.24, 2.45) is 0 Å². The van der Waals surface area contributed by atoms with Gasteiger partial charge in [0.25, 0.3) is 0 Å². The first-order valence-corrected chi connectivity index (χ1v) is 17.5. The summed E-state index contributed by atoms with van der Waals surface area (Å²) in [6.45, 7) is 0. The van der Waals surface area contributed by atoms with Crippen LogP contribution in [0.4, 0.5) is 17.1 Å². The Balaban J connectivity index is 1.12. The molecule has 9 aromatic carbocycles. The molecule has 1 heteroatoms. The van der Waals surface area contributed by atoms with Gasteiger partial charge < -0.3 is 4.90 Å². The smallest absolute Gasteiger partial charge is 0.0462 e. The minimum Gasteiger partial charge on any atom is -0.311 e. The molecule has 51 heavy (non-hydrogen) atoms. The van der Waals surface area contributed by atoms with Crippen molar-refractivity contribution in [2.45, 2.75) is 0 Å². The fraction of sp³-hybridized carbons (Fsp3) is 0. The monoisotopic (exact) mass is 649 g/mol. The Morgan fingerprint density at radius 2 is 0.686 bits per heavy atom. The van der Waals surface area contributed by atoms with Crippen molar-refractivity contribution >= 4 is 38.6 Å². The zero-order valence-corrected chi connectivity index (χ0v) is 28.2. The van der Waals surface area contributed by atoms with Gasteiger partial charge in [-0.25, -0.2) is 0 Å². The van der Waals surface area contributed by atoms with Gasteiger partial charge >= 0.3 is 0 Å². The second kappa shape index (κ2) is 13.3. The van der Waals surface area contributed by atoms with E-state index in [9.17, 15) is 0 Å². The first-order chi connectivity index (χ1) is 25.3. The van der Waals surface area contributed by atoms with E-state index in [0.29, 0.717) is 0 Å². The Bertz CT molecular complexity index is 2590. The van der Waals surface area contributed by atoms with Gasteiger partial charge in [0.1, 0.15) is 0 Å². The minimum absolute atomic E-state index is 1.11. The van der Waals surface area contributed by atoms with Crippen LogP contribution in [0.15, 0.2) is 212 Å². The molecule has 0 aliphatic heterocycles. The molecule has 0 aliphatic carbocycles. The second-order valence-corrected chi connectivity index (χ2v) is 12.9. The van der Waals surface area contributed by atoms with Crippen LogP contribution in [0.1, 0.15) is 0 Å². The Kier molecular flexibility index (Phi) is 7.92. The Hall–Kier alpha value is -6.70. The van der Waals surface area contributed by atoms with E-state index in [0.717, 1.165) is 17.1 Å². The maximum absolute atomic E-state index is 2.34. The predicted octanol–water partition coefficient (Wildman–Crippen LogP) is 14.1. The van der Waals surface area contributed by atoms with Gasteiger partial charge in [-0.1, -0.05) is 164 Å². The van der Waals surface area contributed by atoms with Crippen molar-refractivity contribution in [2.75, 3.05) is 4.90 Å². The van der Waals surface area contributed by atoms with E-state index in [1.54, 1.807) is 0 Å². The highest BCUT2D eigenvalue weighted by atomic mass is 15.1. The van der Waals surface area contributed by atoms with E-state index in [2.05, 4.69) is 217 Å². The van der Waals surface area contributed by atoms with Crippen LogP contribution in [-0.4, -0.2) is 0 Å². The van der Waals surface area contributed by atoms with Gasteiger partial charge in [0, 0.05) is 17.1 Å². The number of para-hydroxylation sites is 1. The molecule has 0 fully saturated rings. The summed E-state index contributed by atoms with van der Waals surface area (Å²) in [5.41, 5.74) is 13.0. The number of nitrogens with zero attached hydrogens (tertiary/aromatic N) is 1.